The molecule has 2 aliphatic heterocycles. The second-order valence-electron chi connectivity index (χ2n) is 5.37. The molecule has 0 aromatic heterocycles. The molecule has 2 aliphatic rings. The van der Waals surface area contributed by atoms with E-state index in [1.807, 2.05) is 24.3 Å². The Morgan fingerprint density at radius 1 is 1.00 bits per heavy atom. The van der Waals surface area contributed by atoms with Crippen molar-refractivity contribution >= 4 is 5.91 Å². The lowest BCUT2D eigenvalue weighted by Crippen LogP contribution is -2.16. The second kappa shape index (κ2) is 6.48. The van der Waals surface area contributed by atoms with Crippen molar-refractivity contribution in [3.8, 4) is 11.5 Å². The quantitative estimate of drug-likeness (QED) is 0.675. The first-order chi connectivity index (χ1) is 10.8. The highest BCUT2D eigenvalue weighted by Crippen LogP contribution is 2.35. The smallest absolute Gasteiger partial charge is 0.226 e. The Kier molecular flexibility index (Phi) is 4.24. The maximum absolute atomic E-state index is 10.7. The number of likely N-dealkylation sites (tertiary alicyclic amines) is 1. The summed E-state index contributed by atoms with van der Waals surface area (Å²) < 4.78 is 5.78. The number of hydrogen-bond acceptors (Lipinski definition) is 2. The van der Waals surface area contributed by atoms with Crippen molar-refractivity contribution in [2.45, 2.75) is 19.3 Å². The maximum Gasteiger partial charge on any atom is 0.226 e. The highest BCUT2D eigenvalue weighted by Gasteiger charge is 2.16. The summed E-state index contributed by atoms with van der Waals surface area (Å²) in [5, 5.41) is 0. The molecule has 0 spiro atoms. The predicted molar refractivity (Wildman–Crippen MR) is 86.9 cm³/mol. The molecular formula is C19H19NO2. The summed E-state index contributed by atoms with van der Waals surface area (Å²) in [5.74, 6) is 2.19. The molecule has 1 saturated heterocycles. The van der Waals surface area contributed by atoms with E-state index < -0.39 is 0 Å². The van der Waals surface area contributed by atoms with E-state index in [1.165, 1.54) is 11.1 Å². The van der Waals surface area contributed by atoms with Gasteiger partial charge < -0.3 is 9.64 Å². The van der Waals surface area contributed by atoms with Crippen LogP contribution >= 0.6 is 0 Å². The molecule has 1 fully saturated rings. The largest absolute Gasteiger partial charge is 0.457 e. The highest BCUT2D eigenvalue weighted by atomic mass is 16.5. The molecule has 1 amide bonds. The molecule has 2 heterocycles. The second-order valence-corrected chi connectivity index (χ2v) is 5.37. The summed E-state index contributed by atoms with van der Waals surface area (Å²) in [6.45, 7) is 4.36. The molecule has 0 saturated carbocycles. The lowest BCUT2D eigenvalue weighted by Gasteiger charge is -2.19. The van der Waals surface area contributed by atoms with Crippen LogP contribution in [0.2, 0.25) is 0 Å². The number of carbonyl (C=O) groups is 1. The minimum absolute atomic E-state index is 0.208. The molecule has 0 unspecified atom stereocenters. The van der Waals surface area contributed by atoms with Gasteiger partial charge in [0.2, 0.25) is 5.91 Å². The van der Waals surface area contributed by atoms with Gasteiger partial charge >= 0.3 is 0 Å². The Morgan fingerprint density at radius 3 is 2.05 bits per heavy atom. The van der Waals surface area contributed by atoms with E-state index in [-0.39, 0.29) is 5.91 Å². The number of nitrogens with zero attached hydrogens (tertiary/aromatic N) is 1. The molecule has 0 bridgehead atoms. The van der Waals surface area contributed by atoms with Crippen LogP contribution in [0.3, 0.4) is 0 Å². The van der Waals surface area contributed by atoms with E-state index in [4.69, 9.17) is 4.74 Å². The number of rotatable bonds is 1. The van der Waals surface area contributed by atoms with Crippen molar-refractivity contribution < 1.29 is 9.53 Å². The molecule has 2 aromatic carbocycles. The SMILES string of the molecule is C=CN1CCCC1=O.c1ccc2c(c1)Cc1ccccc1O2. The Morgan fingerprint density at radius 2 is 1.59 bits per heavy atom. The lowest BCUT2D eigenvalue weighted by molar-refractivity contribution is -0.125. The Balaban J connectivity index is 0.000000154. The van der Waals surface area contributed by atoms with Crippen LogP contribution < -0.4 is 4.74 Å². The summed E-state index contributed by atoms with van der Waals surface area (Å²) in [4.78, 5) is 12.3. The molecule has 4 rings (SSSR count). The number of hydrogen-bond donors (Lipinski definition) is 0. The van der Waals surface area contributed by atoms with Crippen LogP contribution in [0.1, 0.15) is 24.0 Å². The molecule has 2 aromatic rings. The van der Waals surface area contributed by atoms with Crippen LogP contribution in [0.4, 0.5) is 0 Å². The van der Waals surface area contributed by atoms with Gasteiger partial charge in [0.15, 0.2) is 0 Å². The van der Waals surface area contributed by atoms with Crippen molar-refractivity contribution in [1.82, 2.24) is 4.90 Å². The number of fused-ring (bicyclic) bond motifs is 2. The zero-order chi connectivity index (χ0) is 15.4. The van der Waals surface area contributed by atoms with Gasteiger partial charge in [0.25, 0.3) is 0 Å². The van der Waals surface area contributed by atoms with Gasteiger partial charge in [-0.15, -0.1) is 0 Å². The average Bonchev–Trinajstić information content (AvgIpc) is 2.98. The summed E-state index contributed by atoms with van der Waals surface area (Å²) in [5.41, 5.74) is 2.54. The molecule has 0 radical (unpaired) electrons. The monoisotopic (exact) mass is 293 g/mol. The van der Waals surface area contributed by atoms with Gasteiger partial charge in [-0.25, -0.2) is 0 Å². The molecule has 0 aliphatic carbocycles. The van der Waals surface area contributed by atoms with Crippen molar-refractivity contribution in [3.05, 3.63) is 72.4 Å². The number of ether oxygens (including phenoxy) is 1. The summed E-state index contributed by atoms with van der Waals surface area (Å²) in [6, 6.07) is 16.4. The van der Waals surface area contributed by atoms with Gasteiger partial charge in [0.1, 0.15) is 11.5 Å². The third-order valence-corrected chi connectivity index (χ3v) is 3.88. The van der Waals surface area contributed by atoms with Crippen molar-refractivity contribution in [1.29, 1.82) is 0 Å². The van der Waals surface area contributed by atoms with E-state index >= 15 is 0 Å². The molecule has 3 heteroatoms. The zero-order valence-corrected chi connectivity index (χ0v) is 12.5. The van der Waals surface area contributed by atoms with Gasteiger partial charge in [0, 0.05) is 19.4 Å². The number of benzene rings is 2. The van der Waals surface area contributed by atoms with Crippen LogP contribution in [0.15, 0.2) is 61.3 Å². The van der Waals surface area contributed by atoms with E-state index in [9.17, 15) is 4.79 Å². The van der Waals surface area contributed by atoms with Gasteiger partial charge in [-0.1, -0.05) is 43.0 Å². The Labute approximate surface area is 130 Å². The summed E-state index contributed by atoms with van der Waals surface area (Å²) >= 11 is 0. The first kappa shape index (κ1) is 14.4. The summed E-state index contributed by atoms with van der Waals surface area (Å²) in [7, 11) is 0. The minimum atomic E-state index is 0.208. The molecule has 22 heavy (non-hydrogen) atoms. The van der Waals surface area contributed by atoms with Crippen LogP contribution in [-0.4, -0.2) is 17.4 Å². The lowest BCUT2D eigenvalue weighted by atomic mass is 10.0. The standard InChI is InChI=1S/C13H10O.C6H9NO/c1-3-7-12-10(5-1)9-11-6-2-4-8-13(11)14-12;1-2-7-5-3-4-6(7)8/h1-8H,9H2;2H,1,3-5H2. The highest BCUT2D eigenvalue weighted by molar-refractivity contribution is 5.78. The average molecular weight is 293 g/mol. The predicted octanol–water partition coefficient (Wildman–Crippen LogP) is 4.14. The normalized spacial score (nSPS) is 15.1. The molecule has 3 nitrogen and oxygen atoms in total. The van der Waals surface area contributed by atoms with Crippen LogP contribution in [0.5, 0.6) is 11.5 Å². The van der Waals surface area contributed by atoms with E-state index in [0.717, 1.165) is 30.9 Å². The topological polar surface area (TPSA) is 29.5 Å². The fourth-order valence-corrected chi connectivity index (χ4v) is 2.68. The van der Waals surface area contributed by atoms with E-state index in [2.05, 4.69) is 30.8 Å². The van der Waals surface area contributed by atoms with E-state index in [1.54, 1.807) is 11.1 Å². The van der Waals surface area contributed by atoms with Gasteiger partial charge in [-0.3, -0.25) is 4.79 Å². The van der Waals surface area contributed by atoms with Gasteiger partial charge in [-0.2, -0.15) is 0 Å². The van der Waals surface area contributed by atoms with Crippen LogP contribution in [-0.2, 0) is 11.2 Å². The minimum Gasteiger partial charge on any atom is -0.457 e. The summed E-state index contributed by atoms with van der Waals surface area (Å²) in [6.07, 6.45) is 4.26. The third kappa shape index (κ3) is 3.03. The number of para-hydroxylation sites is 2. The molecular weight excluding hydrogens is 274 g/mol. The molecule has 0 N–H and O–H groups in total. The molecule has 112 valence electrons. The first-order valence-corrected chi connectivity index (χ1v) is 7.53. The van der Waals surface area contributed by atoms with Crippen molar-refractivity contribution in [3.63, 3.8) is 0 Å². The van der Waals surface area contributed by atoms with E-state index in [0.29, 0.717) is 6.42 Å². The molecule has 0 atom stereocenters. The first-order valence-electron chi connectivity index (χ1n) is 7.53. The zero-order valence-electron chi connectivity index (χ0n) is 12.5. The van der Waals surface area contributed by atoms with Crippen LogP contribution in [0, 0.1) is 0 Å². The van der Waals surface area contributed by atoms with Gasteiger partial charge in [-0.05, 0) is 35.9 Å². The number of carbonyl (C=O) groups excluding carboxylic acids is 1. The van der Waals surface area contributed by atoms with Crippen molar-refractivity contribution in [2.75, 3.05) is 6.54 Å². The Hall–Kier alpha value is -2.55. The van der Waals surface area contributed by atoms with Gasteiger partial charge in [0.05, 0.1) is 0 Å². The Bertz CT molecular complexity index is 606. The fraction of sp³-hybridized carbons (Fsp3) is 0.211. The van der Waals surface area contributed by atoms with Crippen molar-refractivity contribution in [2.24, 2.45) is 0 Å². The van der Waals surface area contributed by atoms with Crippen LogP contribution in [0.25, 0.3) is 0 Å². The number of amides is 1. The maximum atomic E-state index is 10.7. The fourth-order valence-electron chi connectivity index (χ4n) is 2.68. The third-order valence-electron chi connectivity index (χ3n) is 3.88.